The first-order valence-corrected chi connectivity index (χ1v) is 9.31. The summed E-state index contributed by atoms with van der Waals surface area (Å²) in [5.41, 5.74) is 0.613. The molecule has 7 nitrogen and oxygen atoms in total. The third kappa shape index (κ3) is 5.11. The minimum Gasteiger partial charge on any atom is -0.452 e. The van der Waals surface area contributed by atoms with Crippen molar-refractivity contribution in [3.8, 4) is 0 Å². The Bertz CT molecular complexity index is 973. The van der Waals surface area contributed by atoms with Gasteiger partial charge in [-0.1, -0.05) is 12.1 Å². The number of hydrogen-bond donors (Lipinski definition) is 1. The lowest BCUT2D eigenvalue weighted by Crippen LogP contribution is -2.23. The Labute approximate surface area is 156 Å². The first-order chi connectivity index (χ1) is 12.6. The Morgan fingerprint density at radius 1 is 1.15 bits per heavy atom. The quantitative estimate of drug-likeness (QED) is 0.758. The van der Waals surface area contributed by atoms with Gasteiger partial charge in [0.15, 0.2) is 6.61 Å². The number of esters is 1. The molecule has 0 spiro atoms. The van der Waals surface area contributed by atoms with Crippen molar-refractivity contribution in [2.75, 3.05) is 26.0 Å². The number of amides is 1. The largest absolute Gasteiger partial charge is 0.452 e. The summed E-state index contributed by atoms with van der Waals surface area (Å²) in [6.45, 7) is 0.960. The number of anilines is 1. The van der Waals surface area contributed by atoms with Gasteiger partial charge in [-0.3, -0.25) is 4.79 Å². The number of carbonyl (C=O) groups is 2. The van der Waals surface area contributed by atoms with Gasteiger partial charge < -0.3 is 10.1 Å². The van der Waals surface area contributed by atoms with Crippen LogP contribution in [-0.2, 0) is 19.6 Å². The van der Waals surface area contributed by atoms with Gasteiger partial charge in [0.25, 0.3) is 5.91 Å². The molecule has 0 fully saturated rings. The highest BCUT2D eigenvalue weighted by Gasteiger charge is 2.18. The molecule has 0 saturated carbocycles. The summed E-state index contributed by atoms with van der Waals surface area (Å²) in [5, 5.41) is 2.45. The molecule has 144 valence electrons. The van der Waals surface area contributed by atoms with Crippen molar-refractivity contribution in [3.05, 3.63) is 59.4 Å². The summed E-state index contributed by atoms with van der Waals surface area (Å²) in [4.78, 5) is 23.8. The maximum absolute atomic E-state index is 13.5. The van der Waals surface area contributed by atoms with Crippen LogP contribution in [0.4, 0.5) is 10.1 Å². The zero-order chi connectivity index (χ0) is 20.2. The summed E-state index contributed by atoms with van der Waals surface area (Å²) in [6.07, 6.45) is 0. The van der Waals surface area contributed by atoms with Crippen LogP contribution in [0.2, 0.25) is 0 Å². The summed E-state index contributed by atoms with van der Waals surface area (Å²) in [6, 6.07) is 9.54. The van der Waals surface area contributed by atoms with Crippen molar-refractivity contribution in [2.45, 2.75) is 11.8 Å². The van der Waals surface area contributed by atoms with Crippen molar-refractivity contribution in [1.82, 2.24) is 4.31 Å². The fraction of sp³-hybridized carbons (Fsp3) is 0.222. The molecule has 0 aromatic heterocycles. The average Bonchev–Trinajstić information content (AvgIpc) is 2.62. The second-order valence-electron chi connectivity index (χ2n) is 5.90. The van der Waals surface area contributed by atoms with Gasteiger partial charge >= 0.3 is 5.97 Å². The second kappa shape index (κ2) is 8.28. The van der Waals surface area contributed by atoms with E-state index in [1.165, 1.54) is 50.5 Å². The van der Waals surface area contributed by atoms with Gasteiger partial charge in [-0.15, -0.1) is 0 Å². The number of hydrogen-bond acceptors (Lipinski definition) is 5. The number of ether oxygens (including phenoxy) is 1. The summed E-state index contributed by atoms with van der Waals surface area (Å²) in [5.74, 6) is -2.05. The molecular formula is C18H19FN2O5S. The lowest BCUT2D eigenvalue weighted by Gasteiger charge is -2.12. The van der Waals surface area contributed by atoms with E-state index < -0.39 is 34.3 Å². The predicted molar refractivity (Wildman–Crippen MR) is 97.4 cm³/mol. The van der Waals surface area contributed by atoms with Crippen molar-refractivity contribution >= 4 is 27.6 Å². The average molecular weight is 394 g/mol. The topological polar surface area (TPSA) is 92.8 Å². The third-order valence-corrected chi connectivity index (χ3v) is 5.45. The lowest BCUT2D eigenvalue weighted by molar-refractivity contribution is -0.119. The van der Waals surface area contributed by atoms with Crippen molar-refractivity contribution in [2.24, 2.45) is 0 Å². The minimum atomic E-state index is -3.64. The zero-order valence-electron chi connectivity index (χ0n) is 15.0. The zero-order valence-corrected chi connectivity index (χ0v) is 15.8. The van der Waals surface area contributed by atoms with E-state index in [1.54, 1.807) is 6.92 Å². The fourth-order valence-corrected chi connectivity index (χ4v) is 3.02. The number of aryl methyl sites for hydroxylation is 1. The molecule has 0 unspecified atom stereocenters. The molecule has 0 atom stereocenters. The van der Waals surface area contributed by atoms with Gasteiger partial charge in [-0.25, -0.2) is 21.9 Å². The molecule has 0 radical (unpaired) electrons. The molecule has 1 amide bonds. The van der Waals surface area contributed by atoms with E-state index in [0.717, 1.165) is 10.4 Å². The number of rotatable bonds is 6. The Morgan fingerprint density at radius 2 is 1.85 bits per heavy atom. The number of benzene rings is 2. The monoisotopic (exact) mass is 394 g/mol. The van der Waals surface area contributed by atoms with Gasteiger partial charge in [0.1, 0.15) is 5.82 Å². The van der Waals surface area contributed by atoms with Gasteiger partial charge in [-0.05, 0) is 42.8 Å². The maximum atomic E-state index is 13.5. The number of nitrogens with one attached hydrogen (secondary N) is 1. The molecule has 2 aromatic carbocycles. The highest BCUT2D eigenvalue weighted by atomic mass is 32.2. The van der Waals surface area contributed by atoms with Crippen LogP contribution in [0.1, 0.15) is 15.9 Å². The van der Waals surface area contributed by atoms with Crippen LogP contribution in [0, 0.1) is 12.7 Å². The molecule has 0 aliphatic heterocycles. The summed E-state index contributed by atoms with van der Waals surface area (Å²) < 4.78 is 43.6. The smallest absolute Gasteiger partial charge is 0.338 e. The Kier molecular flexibility index (Phi) is 6.29. The molecule has 0 aliphatic carbocycles. The molecule has 2 aromatic rings. The summed E-state index contributed by atoms with van der Waals surface area (Å²) in [7, 11) is -0.850. The molecule has 9 heteroatoms. The van der Waals surface area contributed by atoms with Crippen LogP contribution in [0.25, 0.3) is 0 Å². The van der Waals surface area contributed by atoms with Crippen LogP contribution in [0.15, 0.2) is 47.4 Å². The standard InChI is InChI=1S/C18H19FN2O5S/c1-12-7-8-13(9-16(12)19)18(23)26-11-17(22)20-14-5-4-6-15(10-14)27(24,25)21(2)3/h4-10H,11H2,1-3H3,(H,20,22). The van der Waals surface area contributed by atoms with Gasteiger partial charge in [-0.2, -0.15) is 0 Å². The van der Waals surface area contributed by atoms with Crippen LogP contribution >= 0.6 is 0 Å². The lowest BCUT2D eigenvalue weighted by atomic mass is 10.1. The maximum Gasteiger partial charge on any atom is 0.338 e. The SMILES string of the molecule is Cc1ccc(C(=O)OCC(=O)Nc2cccc(S(=O)(=O)N(C)C)c2)cc1F. The Morgan fingerprint density at radius 3 is 2.48 bits per heavy atom. The van der Waals surface area contributed by atoms with Crippen LogP contribution < -0.4 is 5.32 Å². The number of nitrogens with zero attached hydrogens (tertiary/aromatic N) is 1. The fourth-order valence-electron chi connectivity index (χ4n) is 2.08. The molecule has 0 saturated heterocycles. The van der Waals surface area contributed by atoms with E-state index in [2.05, 4.69) is 5.32 Å². The third-order valence-electron chi connectivity index (χ3n) is 3.64. The highest BCUT2D eigenvalue weighted by Crippen LogP contribution is 2.18. The second-order valence-corrected chi connectivity index (χ2v) is 8.06. The highest BCUT2D eigenvalue weighted by molar-refractivity contribution is 7.89. The van der Waals surface area contributed by atoms with E-state index in [9.17, 15) is 22.4 Å². The molecule has 0 heterocycles. The van der Waals surface area contributed by atoms with Crippen molar-refractivity contribution in [1.29, 1.82) is 0 Å². The molecule has 27 heavy (non-hydrogen) atoms. The Balaban J connectivity index is 2.00. The number of carbonyl (C=O) groups excluding carboxylic acids is 2. The van der Waals surface area contributed by atoms with Crippen molar-refractivity contribution in [3.63, 3.8) is 0 Å². The number of halogens is 1. The molecule has 1 N–H and O–H groups in total. The van der Waals surface area contributed by atoms with Crippen LogP contribution in [-0.4, -0.2) is 45.3 Å². The van der Waals surface area contributed by atoms with Crippen LogP contribution in [0.3, 0.4) is 0 Å². The molecule has 0 aliphatic rings. The van der Waals surface area contributed by atoms with E-state index in [4.69, 9.17) is 4.74 Å². The van der Waals surface area contributed by atoms with Crippen molar-refractivity contribution < 1.29 is 27.1 Å². The van der Waals surface area contributed by atoms with Gasteiger partial charge in [0, 0.05) is 19.8 Å². The summed E-state index contributed by atoms with van der Waals surface area (Å²) >= 11 is 0. The molecular weight excluding hydrogens is 375 g/mol. The normalized spacial score (nSPS) is 11.3. The Hall–Kier alpha value is -2.78. The van der Waals surface area contributed by atoms with E-state index in [-0.39, 0.29) is 16.1 Å². The molecule has 0 bridgehead atoms. The predicted octanol–water partition coefficient (Wildman–Crippen LogP) is 2.18. The van der Waals surface area contributed by atoms with Crippen LogP contribution in [0.5, 0.6) is 0 Å². The van der Waals surface area contributed by atoms with E-state index in [0.29, 0.717) is 5.56 Å². The molecule has 2 rings (SSSR count). The number of sulfonamides is 1. The van der Waals surface area contributed by atoms with Gasteiger partial charge in [0.05, 0.1) is 10.5 Å². The first-order valence-electron chi connectivity index (χ1n) is 7.87. The van der Waals surface area contributed by atoms with E-state index >= 15 is 0 Å². The first kappa shape index (κ1) is 20.5. The minimum absolute atomic E-state index is 0.00928. The van der Waals surface area contributed by atoms with E-state index in [1.807, 2.05) is 0 Å². The van der Waals surface area contributed by atoms with Gasteiger partial charge in [0.2, 0.25) is 10.0 Å².